The second-order valence-electron chi connectivity index (χ2n) is 11.8. The highest BCUT2D eigenvalue weighted by Crippen LogP contribution is 2.61. The number of rotatable bonds is 7. The summed E-state index contributed by atoms with van der Waals surface area (Å²) in [5, 5.41) is 4.01. The summed E-state index contributed by atoms with van der Waals surface area (Å²) in [4.78, 5) is 19.5. The van der Waals surface area contributed by atoms with E-state index in [0.29, 0.717) is 34.8 Å². The maximum absolute atomic E-state index is 13.8. The molecule has 1 aromatic heterocycles. The van der Waals surface area contributed by atoms with Crippen LogP contribution in [-0.2, 0) is 9.53 Å². The lowest BCUT2D eigenvalue weighted by molar-refractivity contribution is -0.126. The molecule has 1 aromatic carbocycles. The van der Waals surface area contributed by atoms with Crippen molar-refractivity contribution in [2.45, 2.75) is 71.1 Å². The van der Waals surface area contributed by atoms with E-state index in [1.54, 1.807) is 12.3 Å². The first-order valence-corrected chi connectivity index (χ1v) is 13.2. The summed E-state index contributed by atoms with van der Waals surface area (Å²) in [5.41, 5.74) is 0.477. The number of likely N-dealkylation sites (tertiary alicyclic amines) is 1. The van der Waals surface area contributed by atoms with Gasteiger partial charge in [-0.15, -0.1) is 0 Å². The molecule has 3 unspecified atom stereocenters. The van der Waals surface area contributed by atoms with Crippen LogP contribution in [0, 0.1) is 29.5 Å². The summed E-state index contributed by atoms with van der Waals surface area (Å²) in [5.74, 6) is 2.78. The number of pyridine rings is 1. The molecular weight excluding hydrogens is 457 g/mol. The second kappa shape index (κ2) is 9.56. The zero-order valence-corrected chi connectivity index (χ0v) is 21.8. The number of nitrogens with zero attached hydrogens (tertiary/aromatic N) is 2. The summed E-state index contributed by atoms with van der Waals surface area (Å²) in [6.45, 7) is 13.9. The van der Waals surface area contributed by atoms with Gasteiger partial charge in [0.25, 0.3) is 0 Å². The first-order valence-electron chi connectivity index (χ1n) is 13.2. The zero-order chi connectivity index (χ0) is 25.6. The molecule has 2 heterocycles. The van der Waals surface area contributed by atoms with Gasteiger partial charge in [-0.1, -0.05) is 6.92 Å². The predicted molar refractivity (Wildman–Crippen MR) is 138 cm³/mol. The van der Waals surface area contributed by atoms with E-state index in [-0.39, 0.29) is 35.4 Å². The third-order valence-electron chi connectivity index (χ3n) is 8.03. The average Bonchev–Trinajstić information content (AvgIpc) is 3.32. The van der Waals surface area contributed by atoms with Crippen molar-refractivity contribution in [1.29, 1.82) is 0 Å². The van der Waals surface area contributed by atoms with Gasteiger partial charge in [0.15, 0.2) is 5.88 Å². The first kappa shape index (κ1) is 24.8. The fourth-order valence-electron chi connectivity index (χ4n) is 6.25. The van der Waals surface area contributed by atoms with Gasteiger partial charge >= 0.3 is 0 Å². The van der Waals surface area contributed by atoms with Crippen LogP contribution in [0.1, 0.15) is 53.4 Å². The van der Waals surface area contributed by atoms with Crippen LogP contribution in [0.15, 0.2) is 42.9 Å². The molecule has 3 aliphatic rings. The van der Waals surface area contributed by atoms with Crippen LogP contribution in [0.5, 0.6) is 5.75 Å². The van der Waals surface area contributed by atoms with E-state index in [1.165, 1.54) is 12.1 Å². The minimum Gasteiger partial charge on any atom is -0.490 e. The molecule has 0 spiro atoms. The molecule has 2 saturated carbocycles. The van der Waals surface area contributed by atoms with Gasteiger partial charge in [-0.25, -0.2) is 4.39 Å². The van der Waals surface area contributed by atoms with Gasteiger partial charge in [0.2, 0.25) is 5.91 Å². The number of fused-ring (bicyclic) bond motifs is 2. The van der Waals surface area contributed by atoms with E-state index in [0.717, 1.165) is 44.3 Å². The number of piperidine rings is 1. The van der Waals surface area contributed by atoms with E-state index < -0.39 is 0 Å². The van der Waals surface area contributed by atoms with Crippen LogP contribution >= 0.6 is 0 Å². The number of halogens is 1. The van der Waals surface area contributed by atoms with E-state index in [2.05, 4.69) is 28.7 Å². The van der Waals surface area contributed by atoms with Gasteiger partial charge in [0.1, 0.15) is 17.2 Å². The second-order valence-corrected chi connectivity index (χ2v) is 11.8. The van der Waals surface area contributed by atoms with Crippen LogP contribution in [0.4, 0.5) is 4.39 Å². The minimum absolute atomic E-state index is 0.00835. The Morgan fingerprint density at radius 1 is 1.19 bits per heavy atom. The van der Waals surface area contributed by atoms with Crippen LogP contribution in [-0.4, -0.2) is 46.6 Å². The lowest BCUT2D eigenvalue weighted by Crippen LogP contribution is -2.46. The van der Waals surface area contributed by atoms with Crippen LogP contribution in [0.25, 0.3) is 10.9 Å². The number of hydrogen-bond acceptors (Lipinski definition) is 5. The van der Waals surface area contributed by atoms with Crippen molar-refractivity contribution in [2.75, 3.05) is 13.1 Å². The van der Waals surface area contributed by atoms with Crippen molar-refractivity contribution in [3.63, 3.8) is 0 Å². The Morgan fingerprint density at radius 3 is 2.56 bits per heavy atom. The lowest BCUT2D eigenvalue weighted by Gasteiger charge is -2.37. The normalized spacial score (nSPS) is 26.9. The Kier molecular flexibility index (Phi) is 6.60. The Bertz CT molecular complexity index is 1130. The van der Waals surface area contributed by atoms with Gasteiger partial charge in [-0.3, -0.25) is 9.78 Å². The maximum Gasteiger partial charge on any atom is 0.223 e. The summed E-state index contributed by atoms with van der Waals surface area (Å²) >= 11 is 0. The van der Waals surface area contributed by atoms with Gasteiger partial charge in [0.05, 0.1) is 11.6 Å². The van der Waals surface area contributed by atoms with E-state index in [9.17, 15) is 9.18 Å². The maximum atomic E-state index is 13.8. The number of aromatic nitrogens is 1. The fraction of sp³-hybridized carbons (Fsp3) is 0.586. The SMILES string of the molecule is C=C(OC(C)(C)C)N1CCC(NC(=O)C(C)C2[C@H]3CC(Oc4ccnc5ccc(F)cc45)C[C@@H]23)CC1. The molecule has 2 aromatic rings. The summed E-state index contributed by atoms with van der Waals surface area (Å²) in [6.07, 6.45) is 5.50. The highest BCUT2D eigenvalue weighted by Gasteiger charge is 2.59. The number of benzene rings is 1. The van der Waals surface area contributed by atoms with E-state index >= 15 is 0 Å². The molecule has 0 bridgehead atoms. The average molecular weight is 496 g/mol. The molecule has 0 radical (unpaired) electrons. The predicted octanol–water partition coefficient (Wildman–Crippen LogP) is 5.28. The number of carbonyl (C=O) groups excluding carboxylic acids is 1. The number of ether oxygens (including phenoxy) is 2. The molecule has 5 rings (SSSR count). The molecule has 6 nitrogen and oxygen atoms in total. The summed E-state index contributed by atoms with van der Waals surface area (Å²) < 4.78 is 25.9. The molecule has 2 aliphatic carbocycles. The zero-order valence-electron chi connectivity index (χ0n) is 21.8. The van der Waals surface area contributed by atoms with Gasteiger partial charge in [-0.05, 0) is 95.1 Å². The molecular formula is C29H38FN3O3. The smallest absolute Gasteiger partial charge is 0.223 e. The highest BCUT2D eigenvalue weighted by molar-refractivity contribution is 5.84. The Balaban J connectivity index is 1.08. The monoisotopic (exact) mass is 495 g/mol. The van der Waals surface area contributed by atoms with Crippen molar-refractivity contribution in [3.8, 4) is 5.75 Å². The Hall–Kier alpha value is -2.83. The molecule has 1 N–H and O–H groups in total. The molecule has 1 saturated heterocycles. The molecule has 7 heteroatoms. The number of amides is 1. The first-order chi connectivity index (χ1) is 17.1. The number of nitrogens with one attached hydrogen (secondary N) is 1. The topological polar surface area (TPSA) is 63.7 Å². The van der Waals surface area contributed by atoms with Crippen LogP contribution in [0.2, 0.25) is 0 Å². The Morgan fingerprint density at radius 2 is 1.89 bits per heavy atom. The molecule has 36 heavy (non-hydrogen) atoms. The third-order valence-corrected chi connectivity index (χ3v) is 8.03. The van der Waals surface area contributed by atoms with Gasteiger partial charge in [0, 0.05) is 36.6 Å². The number of carbonyl (C=O) groups is 1. The molecule has 1 amide bonds. The van der Waals surface area contributed by atoms with E-state index in [1.807, 2.05) is 26.8 Å². The molecule has 3 fully saturated rings. The van der Waals surface area contributed by atoms with Crippen molar-refractivity contribution in [1.82, 2.24) is 15.2 Å². The molecule has 194 valence electrons. The largest absolute Gasteiger partial charge is 0.490 e. The van der Waals surface area contributed by atoms with Crippen LogP contribution in [0.3, 0.4) is 0 Å². The van der Waals surface area contributed by atoms with Crippen LogP contribution < -0.4 is 10.1 Å². The van der Waals surface area contributed by atoms with Crippen molar-refractivity contribution >= 4 is 16.8 Å². The third kappa shape index (κ3) is 5.30. The van der Waals surface area contributed by atoms with Crippen molar-refractivity contribution in [3.05, 3.63) is 48.7 Å². The lowest BCUT2D eigenvalue weighted by atomic mass is 9.96. The van der Waals surface area contributed by atoms with Gasteiger partial charge < -0.3 is 19.7 Å². The minimum atomic E-state index is -0.289. The molecule has 5 atom stereocenters. The van der Waals surface area contributed by atoms with E-state index in [4.69, 9.17) is 9.47 Å². The summed E-state index contributed by atoms with van der Waals surface area (Å²) in [7, 11) is 0. The molecule has 1 aliphatic heterocycles. The fourth-order valence-corrected chi connectivity index (χ4v) is 6.25. The Labute approximate surface area is 213 Å². The summed E-state index contributed by atoms with van der Waals surface area (Å²) in [6, 6.07) is 6.60. The van der Waals surface area contributed by atoms with Crippen molar-refractivity contribution < 1.29 is 18.7 Å². The van der Waals surface area contributed by atoms with Gasteiger partial charge in [-0.2, -0.15) is 0 Å². The van der Waals surface area contributed by atoms with Crippen molar-refractivity contribution in [2.24, 2.45) is 23.7 Å². The highest BCUT2D eigenvalue weighted by atomic mass is 19.1. The standard InChI is InChI=1S/C29H38FN3O3/c1-17(28(34)32-20-9-12-33(13-10-20)18(2)36-29(3,4)5)27-22-15-21(16-23(22)27)35-26-8-11-31-25-7-6-19(30)14-24(25)26/h6-8,11,14,17,20-23,27H,2,9-10,12-13,15-16H2,1,3-5H3,(H,32,34)/t17?,21?,22-,23+,27?. The quantitative estimate of drug-likeness (QED) is 0.530. The number of hydrogen-bond donors (Lipinski definition) is 1.